The number of rotatable bonds is 6. The zero-order chi connectivity index (χ0) is 18.9. The van der Waals surface area contributed by atoms with Crippen molar-refractivity contribution in [1.29, 1.82) is 0 Å². The van der Waals surface area contributed by atoms with Crippen LogP contribution < -0.4 is 10.6 Å². The molecule has 6 nitrogen and oxygen atoms in total. The highest BCUT2D eigenvalue weighted by Gasteiger charge is 2.22. The summed E-state index contributed by atoms with van der Waals surface area (Å²) in [5.74, 6) is 0.757. The van der Waals surface area contributed by atoms with Crippen molar-refractivity contribution < 1.29 is 4.74 Å². The van der Waals surface area contributed by atoms with E-state index >= 15 is 0 Å². The summed E-state index contributed by atoms with van der Waals surface area (Å²) < 4.78 is 5.51. The molecule has 1 saturated heterocycles. The molecule has 2 heterocycles. The van der Waals surface area contributed by atoms with Gasteiger partial charge in [-0.05, 0) is 29.8 Å². The van der Waals surface area contributed by atoms with Crippen molar-refractivity contribution in [2.45, 2.75) is 12.6 Å². The summed E-state index contributed by atoms with van der Waals surface area (Å²) in [4.78, 5) is 11.1. The van der Waals surface area contributed by atoms with E-state index in [0.29, 0.717) is 6.54 Å². The van der Waals surface area contributed by atoms with Crippen molar-refractivity contribution >= 4 is 17.6 Å². The average Bonchev–Trinajstić information content (AvgIpc) is 2.73. The SMILES string of the molecule is CN=C(NCc1ccccn1)NCC(c1ccc(Cl)cc1)N1CCOCC1. The van der Waals surface area contributed by atoms with Gasteiger partial charge in [-0.2, -0.15) is 0 Å². The van der Waals surface area contributed by atoms with Crippen LogP contribution in [0.25, 0.3) is 0 Å². The highest BCUT2D eigenvalue weighted by atomic mass is 35.5. The molecule has 0 spiro atoms. The quantitative estimate of drug-likeness (QED) is 0.589. The lowest BCUT2D eigenvalue weighted by molar-refractivity contribution is 0.0170. The van der Waals surface area contributed by atoms with Gasteiger partial charge in [0.05, 0.1) is 31.5 Å². The van der Waals surface area contributed by atoms with Crippen molar-refractivity contribution in [2.24, 2.45) is 4.99 Å². The minimum atomic E-state index is 0.222. The minimum Gasteiger partial charge on any atom is -0.379 e. The minimum absolute atomic E-state index is 0.222. The Labute approximate surface area is 165 Å². The topological polar surface area (TPSA) is 61.8 Å². The first-order chi connectivity index (χ1) is 13.3. The number of aliphatic imine (C=N–C) groups is 1. The van der Waals surface area contributed by atoms with E-state index < -0.39 is 0 Å². The molecule has 1 aromatic heterocycles. The summed E-state index contributed by atoms with van der Waals surface area (Å²) >= 11 is 6.07. The van der Waals surface area contributed by atoms with Gasteiger partial charge >= 0.3 is 0 Å². The maximum absolute atomic E-state index is 6.07. The van der Waals surface area contributed by atoms with Gasteiger partial charge < -0.3 is 15.4 Å². The van der Waals surface area contributed by atoms with Crippen LogP contribution >= 0.6 is 11.6 Å². The number of aromatic nitrogens is 1. The molecule has 0 aliphatic carbocycles. The van der Waals surface area contributed by atoms with E-state index in [-0.39, 0.29) is 6.04 Å². The predicted molar refractivity (Wildman–Crippen MR) is 109 cm³/mol. The Balaban J connectivity index is 1.62. The Bertz CT molecular complexity index is 717. The van der Waals surface area contributed by atoms with Crippen LogP contribution in [-0.4, -0.2) is 55.7 Å². The van der Waals surface area contributed by atoms with Crippen LogP contribution in [0.3, 0.4) is 0 Å². The van der Waals surface area contributed by atoms with Gasteiger partial charge in [0, 0.05) is 37.9 Å². The molecule has 0 saturated carbocycles. The van der Waals surface area contributed by atoms with Crippen LogP contribution in [0.4, 0.5) is 0 Å². The molecular weight excluding hydrogens is 362 g/mol. The summed E-state index contributed by atoms with van der Waals surface area (Å²) in [7, 11) is 1.78. The second kappa shape index (κ2) is 10.3. The fourth-order valence-corrected chi connectivity index (χ4v) is 3.25. The molecule has 0 bridgehead atoms. The molecule has 144 valence electrons. The maximum Gasteiger partial charge on any atom is 0.191 e. The summed E-state index contributed by atoms with van der Waals surface area (Å²) in [5, 5.41) is 7.51. The molecule has 0 radical (unpaired) electrons. The molecule has 1 atom stereocenters. The smallest absolute Gasteiger partial charge is 0.191 e. The molecule has 1 aromatic carbocycles. The average molecular weight is 388 g/mol. The van der Waals surface area contributed by atoms with Crippen LogP contribution in [0.2, 0.25) is 5.02 Å². The largest absolute Gasteiger partial charge is 0.379 e. The standard InChI is InChI=1S/C20H26ClN5O/c1-22-20(24-14-18-4-2-3-9-23-18)25-15-19(26-10-12-27-13-11-26)16-5-7-17(21)8-6-16/h2-9,19H,10-15H2,1H3,(H2,22,24,25). The first-order valence-electron chi connectivity index (χ1n) is 9.18. The van der Waals surface area contributed by atoms with E-state index in [4.69, 9.17) is 16.3 Å². The van der Waals surface area contributed by atoms with Gasteiger partial charge in [0.25, 0.3) is 0 Å². The number of nitrogens with one attached hydrogen (secondary N) is 2. The van der Waals surface area contributed by atoms with Gasteiger partial charge in [0.1, 0.15) is 0 Å². The molecule has 1 aliphatic heterocycles. The van der Waals surface area contributed by atoms with E-state index in [1.807, 2.05) is 30.3 Å². The van der Waals surface area contributed by atoms with E-state index in [9.17, 15) is 0 Å². The van der Waals surface area contributed by atoms with Crippen molar-refractivity contribution in [1.82, 2.24) is 20.5 Å². The Hall–Kier alpha value is -2.15. The number of benzene rings is 1. The molecule has 1 aliphatic rings. The Kier molecular flexibility index (Phi) is 7.45. The van der Waals surface area contributed by atoms with Crippen molar-refractivity contribution in [2.75, 3.05) is 39.9 Å². The number of hydrogen-bond acceptors (Lipinski definition) is 4. The van der Waals surface area contributed by atoms with Crippen LogP contribution in [0.5, 0.6) is 0 Å². The highest BCUT2D eigenvalue weighted by Crippen LogP contribution is 2.23. The molecule has 2 aromatic rings. The Morgan fingerprint density at radius 1 is 1.19 bits per heavy atom. The lowest BCUT2D eigenvalue weighted by atomic mass is 10.0. The molecule has 2 N–H and O–H groups in total. The Morgan fingerprint density at radius 3 is 2.63 bits per heavy atom. The molecule has 27 heavy (non-hydrogen) atoms. The van der Waals surface area contributed by atoms with Gasteiger partial charge in [-0.15, -0.1) is 0 Å². The Morgan fingerprint density at radius 2 is 1.96 bits per heavy atom. The number of pyridine rings is 1. The highest BCUT2D eigenvalue weighted by molar-refractivity contribution is 6.30. The number of halogens is 1. The third-order valence-corrected chi connectivity index (χ3v) is 4.84. The van der Waals surface area contributed by atoms with E-state index in [1.54, 1.807) is 13.2 Å². The number of nitrogens with zero attached hydrogens (tertiary/aromatic N) is 3. The number of hydrogen-bond donors (Lipinski definition) is 2. The molecule has 7 heteroatoms. The third-order valence-electron chi connectivity index (χ3n) is 4.59. The van der Waals surface area contributed by atoms with Gasteiger partial charge in [-0.25, -0.2) is 0 Å². The maximum atomic E-state index is 6.07. The lowest BCUT2D eigenvalue weighted by Crippen LogP contribution is -2.46. The van der Waals surface area contributed by atoms with E-state index in [0.717, 1.165) is 49.5 Å². The summed E-state index contributed by atoms with van der Waals surface area (Å²) in [6.45, 7) is 4.71. The third kappa shape index (κ3) is 5.92. The fraction of sp³-hybridized carbons (Fsp3) is 0.400. The molecule has 1 unspecified atom stereocenters. The van der Waals surface area contributed by atoms with Crippen molar-refractivity contribution in [3.8, 4) is 0 Å². The summed E-state index contributed by atoms with van der Waals surface area (Å²) in [6, 6.07) is 14.2. The molecule has 3 rings (SSSR count). The van der Waals surface area contributed by atoms with Crippen LogP contribution in [0, 0.1) is 0 Å². The van der Waals surface area contributed by atoms with Gasteiger partial charge in [-0.3, -0.25) is 14.9 Å². The predicted octanol–water partition coefficient (Wildman–Crippen LogP) is 2.47. The first kappa shape index (κ1) is 19.6. The summed E-state index contributed by atoms with van der Waals surface area (Å²) in [5.41, 5.74) is 2.21. The van der Waals surface area contributed by atoms with Crippen LogP contribution in [-0.2, 0) is 11.3 Å². The van der Waals surface area contributed by atoms with Crippen molar-refractivity contribution in [3.63, 3.8) is 0 Å². The van der Waals surface area contributed by atoms with Crippen LogP contribution in [0.1, 0.15) is 17.3 Å². The van der Waals surface area contributed by atoms with Gasteiger partial charge in [-0.1, -0.05) is 29.8 Å². The molecule has 1 fully saturated rings. The van der Waals surface area contributed by atoms with Gasteiger partial charge in [0.2, 0.25) is 0 Å². The van der Waals surface area contributed by atoms with E-state index in [2.05, 4.69) is 37.6 Å². The number of guanidine groups is 1. The second-order valence-electron chi connectivity index (χ2n) is 6.34. The number of morpholine rings is 1. The lowest BCUT2D eigenvalue weighted by Gasteiger charge is -2.35. The fourth-order valence-electron chi connectivity index (χ4n) is 3.12. The normalized spacial score (nSPS) is 16.7. The molecule has 0 amide bonds. The van der Waals surface area contributed by atoms with Crippen LogP contribution in [0.15, 0.2) is 53.7 Å². The zero-order valence-electron chi connectivity index (χ0n) is 15.6. The summed E-state index contributed by atoms with van der Waals surface area (Å²) in [6.07, 6.45) is 1.79. The van der Waals surface area contributed by atoms with Gasteiger partial charge in [0.15, 0.2) is 5.96 Å². The van der Waals surface area contributed by atoms with E-state index in [1.165, 1.54) is 5.56 Å². The first-order valence-corrected chi connectivity index (χ1v) is 9.56. The zero-order valence-corrected chi connectivity index (χ0v) is 16.3. The molecular formula is C20H26ClN5O. The second-order valence-corrected chi connectivity index (χ2v) is 6.78. The monoisotopic (exact) mass is 387 g/mol. The van der Waals surface area contributed by atoms with Crippen molar-refractivity contribution in [3.05, 3.63) is 64.9 Å². The number of ether oxygens (including phenoxy) is 1.